The van der Waals surface area contributed by atoms with Crippen LogP contribution in [0.2, 0.25) is 0 Å². The molecule has 2 nitrogen and oxygen atoms in total. The van der Waals surface area contributed by atoms with Crippen LogP contribution in [0.4, 0.5) is 34.1 Å². The van der Waals surface area contributed by atoms with E-state index in [9.17, 15) is 0 Å². The molecular weight excluding hydrogens is 821 g/mol. The first kappa shape index (κ1) is 39.5. The van der Waals surface area contributed by atoms with Gasteiger partial charge >= 0.3 is 0 Å². The van der Waals surface area contributed by atoms with Gasteiger partial charge < -0.3 is 9.80 Å². The van der Waals surface area contributed by atoms with Crippen molar-refractivity contribution in [3.8, 4) is 11.1 Å². The second kappa shape index (κ2) is 15.4. The summed E-state index contributed by atoms with van der Waals surface area (Å²) in [5.74, 6) is 0. The van der Waals surface area contributed by atoms with Crippen LogP contribution in [0, 0.1) is 0 Å². The van der Waals surface area contributed by atoms with Crippen LogP contribution in [-0.4, -0.2) is 0 Å². The highest BCUT2D eigenvalue weighted by Crippen LogP contribution is 2.55. The van der Waals surface area contributed by atoms with Gasteiger partial charge in [0.1, 0.15) is 0 Å². The number of nitrogens with zero attached hydrogens (tertiary/aromatic N) is 2. The highest BCUT2D eigenvalue weighted by molar-refractivity contribution is 6.00. The number of hydrogen-bond acceptors (Lipinski definition) is 2. The predicted octanol–water partition coefficient (Wildman–Crippen LogP) is 17.0. The summed E-state index contributed by atoms with van der Waals surface area (Å²) in [5.41, 5.74) is 21.9. The van der Waals surface area contributed by atoms with Gasteiger partial charge in [-0.1, -0.05) is 158 Å². The van der Waals surface area contributed by atoms with Gasteiger partial charge in [0.15, 0.2) is 0 Å². The fraction of sp³-hybridized carbons (Fsp3) is 0.152. The quantitative estimate of drug-likeness (QED) is 0.157. The normalized spacial score (nSPS) is 18.5. The number of aryl methyl sites for hydroxylation is 4. The topological polar surface area (TPSA) is 6.48 Å². The molecule has 0 bridgehead atoms. The van der Waals surface area contributed by atoms with Crippen LogP contribution < -0.4 is 9.80 Å². The first-order chi connectivity index (χ1) is 33.6. The van der Waals surface area contributed by atoms with Crippen LogP contribution in [0.25, 0.3) is 32.7 Å². The SMILES string of the molecule is c1ccc2c(c1)CCC21CCc2ccc(N(c3ccc(-c4ccc(N(c5ccc6c(c5)C5(CCc7ccccc75)CC6)c5cccc6ccccc56)cc4)cc3)c3cccc4ccccc34)cc21. The Hall–Kier alpha value is -7.68. The molecule has 68 heavy (non-hydrogen) atoms. The van der Waals surface area contributed by atoms with E-state index in [2.05, 4.69) is 228 Å². The van der Waals surface area contributed by atoms with E-state index in [0.717, 1.165) is 37.1 Å². The standard InChI is InChI=1S/C66H52N2/c1-5-17-57-47(11-1)15-9-21-63(57)67(55-33-27-51-37-41-65(61(51)43-55)39-35-49-13-3-7-19-59(49)65)53-29-23-45(24-30-53)46-25-31-54(32-26-46)68(64-22-10-16-48-12-2-6-18-58(48)64)56-34-28-52-38-42-66(62(52)44-56)40-36-50-14-4-8-20-60(50)66/h1-34,43-44H,35-42H2. The Morgan fingerprint density at radius 2 is 0.632 bits per heavy atom. The average Bonchev–Trinajstić information content (AvgIpc) is 4.19. The summed E-state index contributed by atoms with van der Waals surface area (Å²) in [6, 6.07) is 82.7. The summed E-state index contributed by atoms with van der Waals surface area (Å²) in [5, 5.41) is 4.99. The minimum Gasteiger partial charge on any atom is -0.310 e. The number of fused-ring (bicyclic) bond motifs is 10. The Labute approximate surface area is 399 Å². The van der Waals surface area contributed by atoms with Crippen LogP contribution in [-0.2, 0) is 36.5 Å². The van der Waals surface area contributed by atoms with Gasteiger partial charge in [-0.2, -0.15) is 0 Å². The van der Waals surface area contributed by atoms with Gasteiger partial charge in [-0.25, -0.2) is 0 Å². The van der Waals surface area contributed by atoms with E-state index >= 15 is 0 Å². The number of rotatable bonds is 7. The van der Waals surface area contributed by atoms with E-state index < -0.39 is 0 Å². The van der Waals surface area contributed by atoms with E-state index in [0.29, 0.717) is 0 Å². The summed E-state index contributed by atoms with van der Waals surface area (Å²) in [7, 11) is 0. The maximum absolute atomic E-state index is 2.54. The van der Waals surface area contributed by atoms with Crippen molar-refractivity contribution >= 4 is 55.7 Å². The van der Waals surface area contributed by atoms with Crippen molar-refractivity contribution < 1.29 is 0 Å². The average molecular weight is 873 g/mol. The Bertz CT molecular complexity index is 3350. The lowest BCUT2D eigenvalue weighted by atomic mass is 9.76. The molecule has 2 spiro atoms. The van der Waals surface area contributed by atoms with Crippen molar-refractivity contribution in [2.24, 2.45) is 0 Å². The van der Waals surface area contributed by atoms with Crippen molar-refractivity contribution in [2.75, 3.05) is 9.80 Å². The van der Waals surface area contributed by atoms with Gasteiger partial charge in [0.25, 0.3) is 0 Å². The monoisotopic (exact) mass is 872 g/mol. The van der Waals surface area contributed by atoms with Gasteiger partial charge in [-0.3, -0.25) is 0 Å². The molecule has 4 aliphatic rings. The van der Waals surface area contributed by atoms with Crippen LogP contribution in [0.3, 0.4) is 0 Å². The van der Waals surface area contributed by atoms with E-state index in [1.165, 1.54) is 114 Å². The zero-order valence-corrected chi connectivity index (χ0v) is 38.3. The van der Waals surface area contributed by atoms with Gasteiger partial charge in [0.05, 0.1) is 11.4 Å². The molecule has 0 radical (unpaired) electrons. The lowest BCUT2D eigenvalue weighted by Gasteiger charge is -2.31. The van der Waals surface area contributed by atoms with Crippen molar-refractivity contribution in [1.29, 1.82) is 0 Å². The number of anilines is 6. The smallest absolute Gasteiger partial charge is 0.0540 e. The molecule has 2 atom stereocenters. The Morgan fingerprint density at radius 1 is 0.279 bits per heavy atom. The number of benzene rings is 10. The van der Waals surface area contributed by atoms with Crippen molar-refractivity contribution in [3.63, 3.8) is 0 Å². The lowest BCUT2D eigenvalue weighted by molar-refractivity contribution is 0.507. The minimum absolute atomic E-state index is 0.0937. The fourth-order valence-corrected chi connectivity index (χ4v) is 13.4. The maximum Gasteiger partial charge on any atom is 0.0540 e. The Kier molecular flexibility index (Phi) is 8.96. The van der Waals surface area contributed by atoms with Crippen molar-refractivity contribution in [1.82, 2.24) is 0 Å². The first-order valence-electron chi connectivity index (χ1n) is 24.8. The van der Waals surface area contributed by atoms with Gasteiger partial charge in [-0.15, -0.1) is 0 Å². The molecule has 10 aromatic rings. The van der Waals surface area contributed by atoms with Gasteiger partial charge in [0, 0.05) is 44.4 Å². The van der Waals surface area contributed by atoms with Crippen molar-refractivity contribution in [3.05, 3.63) is 263 Å². The summed E-state index contributed by atoms with van der Waals surface area (Å²) in [4.78, 5) is 4.99. The van der Waals surface area contributed by atoms with Crippen LogP contribution in [0.15, 0.2) is 218 Å². The molecule has 326 valence electrons. The molecule has 0 saturated carbocycles. The van der Waals surface area contributed by atoms with Gasteiger partial charge in [0.2, 0.25) is 0 Å². The molecule has 0 fully saturated rings. The first-order valence-corrected chi connectivity index (χ1v) is 24.8. The minimum atomic E-state index is 0.0937. The van der Waals surface area contributed by atoms with Crippen LogP contribution >= 0.6 is 0 Å². The lowest BCUT2D eigenvalue weighted by Crippen LogP contribution is -2.21. The largest absolute Gasteiger partial charge is 0.310 e. The molecule has 4 aliphatic carbocycles. The van der Waals surface area contributed by atoms with E-state index in [1.807, 2.05) is 0 Å². The third-order valence-electron chi connectivity index (χ3n) is 16.7. The molecule has 2 heteroatoms. The summed E-state index contributed by atoms with van der Waals surface area (Å²) in [6.45, 7) is 0. The predicted molar refractivity (Wildman–Crippen MR) is 284 cm³/mol. The molecule has 0 heterocycles. The number of hydrogen-bond donors (Lipinski definition) is 0. The summed E-state index contributed by atoms with van der Waals surface area (Å²) >= 11 is 0. The molecule has 0 amide bonds. The highest BCUT2D eigenvalue weighted by Gasteiger charge is 2.46. The van der Waals surface area contributed by atoms with Crippen LogP contribution in [0.1, 0.15) is 70.2 Å². The summed E-state index contributed by atoms with van der Waals surface area (Å²) < 4.78 is 0. The zero-order valence-electron chi connectivity index (χ0n) is 38.3. The molecule has 0 saturated heterocycles. The fourth-order valence-electron chi connectivity index (χ4n) is 13.4. The molecule has 2 unspecified atom stereocenters. The maximum atomic E-state index is 2.54. The van der Waals surface area contributed by atoms with Crippen LogP contribution in [0.5, 0.6) is 0 Å². The van der Waals surface area contributed by atoms with E-state index in [1.54, 1.807) is 11.1 Å². The van der Waals surface area contributed by atoms with Gasteiger partial charge in [-0.05, 0) is 178 Å². The highest BCUT2D eigenvalue weighted by atomic mass is 15.1. The summed E-state index contributed by atoms with van der Waals surface area (Å²) in [6.07, 6.45) is 9.32. The van der Waals surface area contributed by atoms with E-state index in [-0.39, 0.29) is 10.8 Å². The molecule has 0 aromatic heterocycles. The third kappa shape index (κ3) is 6.03. The second-order valence-electron chi connectivity index (χ2n) is 19.9. The molecule has 14 rings (SSSR count). The van der Waals surface area contributed by atoms with E-state index in [4.69, 9.17) is 0 Å². The molecular formula is C66H52N2. The zero-order chi connectivity index (χ0) is 44.8. The second-order valence-corrected chi connectivity index (χ2v) is 19.9. The third-order valence-corrected chi connectivity index (χ3v) is 16.7. The molecule has 0 aliphatic heterocycles. The van der Waals surface area contributed by atoms with Crippen molar-refractivity contribution in [2.45, 2.75) is 62.2 Å². The molecule has 10 aromatic carbocycles. The Morgan fingerprint density at radius 3 is 1.07 bits per heavy atom. The molecule has 0 N–H and O–H groups in total. The Balaban J connectivity index is 0.846.